The van der Waals surface area contributed by atoms with Gasteiger partial charge in [0.05, 0.1) is 11.8 Å². The Morgan fingerprint density at radius 2 is 1.76 bits per heavy atom. The lowest BCUT2D eigenvalue weighted by Crippen LogP contribution is -2.35. The summed E-state index contributed by atoms with van der Waals surface area (Å²) in [7, 11) is 0. The van der Waals surface area contributed by atoms with E-state index in [2.05, 4.69) is 5.32 Å². The average molecular weight is 296 g/mol. The van der Waals surface area contributed by atoms with Gasteiger partial charge < -0.3 is 5.32 Å². The molecule has 21 heavy (non-hydrogen) atoms. The molecule has 0 bridgehead atoms. The summed E-state index contributed by atoms with van der Waals surface area (Å²) in [6.07, 6.45) is 4.05. The van der Waals surface area contributed by atoms with Crippen LogP contribution in [0, 0.1) is 34.2 Å². The Bertz CT molecular complexity index is 587. The molecule has 1 amide bonds. The molecule has 1 aromatic carbocycles. The van der Waals surface area contributed by atoms with Gasteiger partial charge in [-0.25, -0.2) is 13.2 Å². The van der Waals surface area contributed by atoms with E-state index in [0.717, 1.165) is 25.7 Å². The molecule has 0 spiro atoms. The number of halogens is 3. The zero-order valence-corrected chi connectivity index (χ0v) is 11.4. The van der Waals surface area contributed by atoms with E-state index in [9.17, 15) is 23.2 Å². The zero-order chi connectivity index (χ0) is 15.5. The van der Waals surface area contributed by atoms with E-state index in [1.165, 1.54) is 0 Å². The maximum absolute atomic E-state index is 13.6. The van der Waals surface area contributed by atoms with Crippen molar-refractivity contribution in [2.24, 2.45) is 5.41 Å². The molecule has 112 valence electrons. The van der Waals surface area contributed by atoms with E-state index in [0.29, 0.717) is 25.0 Å². The Balaban J connectivity index is 2.26. The van der Waals surface area contributed by atoms with Gasteiger partial charge in [-0.1, -0.05) is 25.7 Å². The number of nitrogens with one attached hydrogen (secondary N) is 1. The third kappa shape index (κ3) is 3.18. The summed E-state index contributed by atoms with van der Waals surface area (Å²) in [5.74, 6) is -4.39. The number of hydrogen-bond acceptors (Lipinski definition) is 2. The second kappa shape index (κ2) is 6.17. The van der Waals surface area contributed by atoms with Crippen molar-refractivity contribution < 1.29 is 18.0 Å². The molecule has 0 aliphatic heterocycles. The second-order valence-electron chi connectivity index (χ2n) is 5.31. The molecule has 6 heteroatoms. The summed E-state index contributed by atoms with van der Waals surface area (Å²) in [6.45, 7) is 0. The molecule has 1 aromatic rings. The van der Waals surface area contributed by atoms with Gasteiger partial charge in [0.25, 0.3) is 0 Å². The van der Waals surface area contributed by atoms with Gasteiger partial charge in [0.15, 0.2) is 11.6 Å². The normalized spacial score (nSPS) is 17.6. The van der Waals surface area contributed by atoms with Crippen LogP contribution in [0.3, 0.4) is 0 Å². The Kier molecular flexibility index (Phi) is 4.51. The predicted molar refractivity (Wildman–Crippen MR) is 70.7 cm³/mol. The van der Waals surface area contributed by atoms with Crippen molar-refractivity contribution in [1.29, 1.82) is 5.26 Å². The molecule has 2 rings (SSSR count). The fourth-order valence-corrected chi connectivity index (χ4v) is 2.61. The summed E-state index contributed by atoms with van der Waals surface area (Å²) in [6, 6.07) is 3.11. The van der Waals surface area contributed by atoms with Crippen LogP contribution in [0.25, 0.3) is 0 Å². The minimum atomic E-state index is -1.38. The molecule has 0 saturated heterocycles. The van der Waals surface area contributed by atoms with Crippen molar-refractivity contribution in [1.82, 2.24) is 0 Å². The lowest BCUT2D eigenvalue weighted by atomic mass is 9.81. The van der Waals surface area contributed by atoms with Crippen molar-refractivity contribution in [3.63, 3.8) is 0 Å². The number of anilines is 1. The Hall–Kier alpha value is -2.03. The molecule has 0 atom stereocenters. The number of hydrogen-bond donors (Lipinski definition) is 1. The minimum Gasteiger partial charge on any atom is -0.322 e. The van der Waals surface area contributed by atoms with Gasteiger partial charge >= 0.3 is 0 Å². The summed E-state index contributed by atoms with van der Waals surface area (Å²) in [5.41, 5.74) is -1.83. The van der Waals surface area contributed by atoms with Gasteiger partial charge in [-0.2, -0.15) is 5.26 Å². The molecule has 1 aliphatic rings. The van der Waals surface area contributed by atoms with Crippen molar-refractivity contribution in [2.45, 2.75) is 38.5 Å². The minimum absolute atomic E-state index is 0.370. The monoisotopic (exact) mass is 296 g/mol. The van der Waals surface area contributed by atoms with E-state index in [4.69, 9.17) is 0 Å². The Morgan fingerprint density at radius 3 is 2.33 bits per heavy atom. The Morgan fingerprint density at radius 1 is 1.14 bits per heavy atom. The van der Waals surface area contributed by atoms with Crippen LogP contribution in [0.15, 0.2) is 12.1 Å². The first kappa shape index (κ1) is 15.4. The third-order valence-electron chi connectivity index (χ3n) is 3.85. The summed E-state index contributed by atoms with van der Waals surface area (Å²) >= 11 is 0. The van der Waals surface area contributed by atoms with Crippen LogP contribution in [0.2, 0.25) is 0 Å². The number of rotatable bonds is 2. The first-order valence-electron chi connectivity index (χ1n) is 6.86. The van der Waals surface area contributed by atoms with Crippen LogP contribution < -0.4 is 5.32 Å². The molecule has 0 heterocycles. The first-order valence-corrected chi connectivity index (χ1v) is 6.86. The first-order chi connectivity index (χ1) is 9.98. The van der Waals surface area contributed by atoms with Gasteiger partial charge in [-0.15, -0.1) is 0 Å². The Labute approximate surface area is 120 Å². The third-order valence-corrected chi connectivity index (χ3v) is 3.85. The predicted octanol–water partition coefficient (Wildman–Crippen LogP) is 3.91. The zero-order valence-electron chi connectivity index (χ0n) is 11.4. The van der Waals surface area contributed by atoms with E-state index in [1.54, 1.807) is 0 Å². The lowest BCUT2D eigenvalue weighted by Gasteiger charge is -2.23. The van der Waals surface area contributed by atoms with Crippen LogP contribution in [0.4, 0.5) is 18.9 Å². The van der Waals surface area contributed by atoms with Gasteiger partial charge in [0.2, 0.25) is 5.91 Å². The number of amides is 1. The van der Waals surface area contributed by atoms with Gasteiger partial charge in [0, 0.05) is 12.1 Å². The van der Waals surface area contributed by atoms with Gasteiger partial charge in [0.1, 0.15) is 11.2 Å². The van der Waals surface area contributed by atoms with Gasteiger partial charge in [-0.3, -0.25) is 4.79 Å². The maximum atomic E-state index is 13.6. The smallest absolute Gasteiger partial charge is 0.244 e. The lowest BCUT2D eigenvalue weighted by molar-refractivity contribution is -0.123. The number of carbonyl (C=O) groups is 1. The fourth-order valence-electron chi connectivity index (χ4n) is 2.61. The fraction of sp³-hybridized carbons (Fsp3) is 0.467. The molecule has 1 N–H and O–H groups in total. The molecule has 1 saturated carbocycles. The standard InChI is InChI=1S/C15H15F3N2O/c16-10-7-11(17)13(18)12(8-10)20-14(21)15(9-19)5-3-1-2-4-6-15/h7-8H,1-6H2,(H,20,21). The number of nitrogens with zero attached hydrogens (tertiary/aromatic N) is 1. The molecule has 0 radical (unpaired) electrons. The van der Waals surface area contributed by atoms with Crippen LogP contribution in [0.1, 0.15) is 38.5 Å². The van der Waals surface area contributed by atoms with Crippen LogP contribution in [-0.2, 0) is 4.79 Å². The van der Waals surface area contributed by atoms with Crippen molar-refractivity contribution in [3.05, 3.63) is 29.6 Å². The van der Waals surface area contributed by atoms with Crippen LogP contribution >= 0.6 is 0 Å². The van der Waals surface area contributed by atoms with Crippen LogP contribution in [-0.4, -0.2) is 5.91 Å². The van der Waals surface area contributed by atoms with Crippen LogP contribution in [0.5, 0.6) is 0 Å². The van der Waals surface area contributed by atoms with Crippen molar-refractivity contribution in [3.8, 4) is 6.07 Å². The summed E-state index contributed by atoms with van der Waals surface area (Å²) in [5, 5.41) is 11.5. The van der Waals surface area contributed by atoms with Gasteiger partial charge in [-0.05, 0) is 12.8 Å². The molecule has 1 fully saturated rings. The van der Waals surface area contributed by atoms with Crippen molar-refractivity contribution in [2.75, 3.05) is 5.32 Å². The van der Waals surface area contributed by atoms with E-state index >= 15 is 0 Å². The van der Waals surface area contributed by atoms with E-state index in [-0.39, 0.29) is 0 Å². The highest BCUT2D eigenvalue weighted by Gasteiger charge is 2.39. The molecule has 0 aromatic heterocycles. The second-order valence-corrected chi connectivity index (χ2v) is 5.31. The average Bonchev–Trinajstić information content (AvgIpc) is 2.70. The molecular weight excluding hydrogens is 281 g/mol. The largest absolute Gasteiger partial charge is 0.322 e. The van der Waals surface area contributed by atoms with E-state index < -0.39 is 34.5 Å². The highest BCUT2D eigenvalue weighted by atomic mass is 19.2. The molecule has 0 unspecified atom stereocenters. The SMILES string of the molecule is N#CC1(C(=O)Nc2cc(F)cc(F)c2F)CCCCCC1. The highest BCUT2D eigenvalue weighted by Crippen LogP contribution is 2.36. The molecule has 3 nitrogen and oxygen atoms in total. The quantitative estimate of drug-likeness (QED) is 0.664. The number of nitriles is 1. The number of carbonyl (C=O) groups excluding carboxylic acids is 1. The molecule has 1 aliphatic carbocycles. The summed E-state index contributed by atoms with van der Waals surface area (Å²) in [4.78, 5) is 12.3. The topological polar surface area (TPSA) is 52.9 Å². The van der Waals surface area contributed by atoms with E-state index in [1.807, 2.05) is 6.07 Å². The highest BCUT2D eigenvalue weighted by molar-refractivity contribution is 5.97. The van der Waals surface area contributed by atoms with Crippen molar-refractivity contribution >= 4 is 11.6 Å². The number of benzene rings is 1. The summed E-state index contributed by atoms with van der Waals surface area (Å²) < 4.78 is 39.8. The maximum Gasteiger partial charge on any atom is 0.244 e. The molecular formula is C15H15F3N2O.